The van der Waals surface area contributed by atoms with Gasteiger partial charge in [-0.1, -0.05) is 23.7 Å². The molecule has 0 aliphatic carbocycles. The number of carbonyl (C=O) groups is 2. The number of aliphatic hydroxyl groups is 1. The normalized spacial score (nSPS) is 17.6. The van der Waals surface area contributed by atoms with Crippen molar-refractivity contribution in [2.45, 2.75) is 12.6 Å². The van der Waals surface area contributed by atoms with Crippen molar-refractivity contribution in [3.8, 4) is 11.5 Å². The Labute approximate surface area is 189 Å². The van der Waals surface area contributed by atoms with E-state index in [4.69, 9.17) is 25.5 Å². The third-order valence-electron chi connectivity index (χ3n) is 5.29. The van der Waals surface area contributed by atoms with E-state index in [1.54, 1.807) is 54.6 Å². The molecule has 0 bridgehead atoms. The Morgan fingerprint density at radius 1 is 1.06 bits per heavy atom. The fourth-order valence-electron chi connectivity index (χ4n) is 3.74. The Balaban J connectivity index is 1.87. The van der Waals surface area contributed by atoms with E-state index >= 15 is 0 Å². The zero-order chi connectivity index (χ0) is 22.8. The van der Waals surface area contributed by atoms with Gasteiger partial charge < -0.3 is 23.9 Å². The molecule has 0 radical (unpaired) electrons. The molecule has 0 spiro atoms. The molecule has 1 unspecified atom stereocenters. The average Bonchev–Trinajstić information content (AvgIpc) is 3.41. The van der Waals surface area contributed by atoms with Crippen LogP contribution < -0.4 is 9.47 Å². The molecule has 1 aliphatic heterocycles. The average molecular weight is 454 g/mol. The highest BCUT2D eigenvalue weighted by Crippen LogP contribution is 2.41. The lowest BCUT2D eigenvalue weighted by Gasteiger charge is -2.24. The van der Waals surface area contributed by atoms with E-state index in [-0.39, 0.29) is 17.9 Å². The molecule has 1 fully saturated rings. The van der Waals surface area contributed by atoms with Gasteiger partial charge in [-0.05, 0) is 48.0 Å². The molecule has 1 aromatic heterocycles. The van der Waals surface area contributed by atoms with Crippen LogP contribution in [0.3, 0.4) is 0 Å². The van der Waals surface area contributed by atoms with Crippen molar-refractivity contribution < 1.29 is 28.6 Å². The molecule has 1 saturated heterocycles. The summed E-state index contributed by atoms with van der Waals surface area (Å²) in [6.07, 6.45) is 1.49. The summed E-state index contributed by atoms with van der Waals surface area (Å²) >= 11 is 6.03. The minimum atomic E-state index is -0.828. The number of furan rings is 1. The molecule has 4 rings (SSSR count). The van der Waals surface area contributed by atoms with E-state index in [2.05, 4.69) is 0 Å². The van der Waals surface area contributed by atoms with E-state index in [0.29, 0.717) is 33.4 Å². The van der Waals surface area contributed by atoms with Crippen molar-refractivity contribution in [1.82, 2.24) is 4.90 Å². The Kier molecular flexibility index (Phi) is 5.92. The van der Waals surface area contributed by atoms with Gasteiger partial charge in [-0.3, -0.25) is 9.59 Å². The van der Waals surface area contributed by atoms with Crippen LogP contribution in [-0.2, 0) is 16.1 Å². The van der Waals surface area contributed by atoms with Gasteiger partial charge in [0.2, 0.25) is 0 Å². The number of rotatable bonds is 6. The molecule has 7 nitrogen and oxygen atoms in total. The van der Waals surface area contributed by atoms with Crippen LogP contribution in [-0.4, -0.2) is 35.9 Å². The fraction of sp³-hybridized carbons (Fsp3) is 0.167. The first-order chi connectivity index (χ1) is 15.4. The van der Waals surface area contributed by atoms with Crippen molar-refractivity contribution in [2.75, 3.05) is 14.2 Å². The lowest BCUT2D eigenvalue weighted by Crippen LogP contribution is -2.29. The second kappa shape index (κ2) is 8.80. The van der Waals surface area contributed by atoms with Gasteiger partial charge in [-0.2, -0.15) is 0 Å². The number of carbonyl (C=O) groups excluding carboxylic acids is 2. The molecular formula is C24H20ClNO6. The van der Waals surface area contributed by atoms with Crippen molar-refractivity contribution in [3.05, 3.63) is 88.3 Å². The lowest BCUT2D eigenvalue weighted by molar-refractivity contribution is -0.140. The van der Waals surface area contributed by atoms with Gasteiger partial charge in [0, 0.05) is 10.6 Å². The van der Waals surface area contributed by atoms with Gasteiger partial charge >= 0.3 is 0 Å². The summed E-state index contributed by atoms with van der Waals surface area (Å²) in [5.41, 5.74) is 0.913. The van der Waals surface area contributed by atoms with Crippen LogP contribution in [0, 0.1) is 0 Å². The van der Waals surface area contributed by atoms with E-state index in [9.17, 15) is 14.7 Å². The summed E-state index contributed by atoms with van der Waals surface area (Å²) < 4.78 is 15.9. The van der Waals surface area contributed by atoms with E-state index in [1.807, 2.05) is 0 Å². The molecule has 1 amide bonds. The van der Waals surface area contributed by atoms with Crippen LogP contribution in [0.2, 0.25) is 5.02 Å². The SMILES string of the molecule is COc1ccc(C(O)=C2C(=O)C(=O)N(Cc3ccco3)C2c2ccc(Cl)cc2)cc1OC. The molecule has 1 atom stereocenters. The quantitative estimate of drug-likeness (QED) is 0.334. The van der Waals surface area contributed by atoms with Crippen LogP contribution in [0.25, 0.3) is 5.76 Å². The maximum Gasteiger partial charge on any atom is 0.296 e. The predicted molar refractivity (Wildman–Crippen MR) is 118 cm³/mol. The number of methoxy groups -OCH3 is 2. The Morgan fingerprint density at radius 2 is 1.78 bits per heavy atom. The zero-order valence-electron chi connectivity index (χ0n) is 17.4. The Bertz CT molecular complexity index is 1180. The van der Waals surface area contributed by atoms with Gasteiger partial charge in [0.1, 0.15) is 11.5 Å². The molecule has 0 saturated carbocycles. The second-order valence-corrected chi connectivity index (χ2v) is 7.56. The molecule has 1 N–H and O–H groups in total. The number of benzene rings is 2. The third kappa shape index (κ3) is 3.83. The zero-order valence-corrected chi connectivity index (χ0v) is 18.1. The lowest BCUT2D eigenvalue weighted by atomic mass is 9.95. The molecule has 1 aliphatic rings. The molecule has 8 heteroatoms. The maximum atomic E-state index is 13.1. The van der Waals surface area contributed by atoms with E-state index in [1.165, 1.54) is 25.4 Å². The highest BCUT2D eigenvalue weighted by Gasteiger charge is 2.46. The number of ketones is 1. The van der Waals surface area contributed by atoms with Gasteiger partial charge in [0.15, 0.2) is 11.5 Å². The summed E-state index contributed by atoms with van der Waals surface area (Å²) in [7, 11) is 2.97. The van der Waals surface area contributed by atoms with Crippen LogP contribution >= 0.6 is 11.6 Å². The van der Waals surface area contributed by atoms with Crippen LogP contribution in [0.4, 0.5) is 0 Å². The maximum absolute atomic E-state index is 13.1. The second-order valence-electron chi connectivity index (χ2n) is 7.13. The van der Waals surface area contributed by atoms with Gasteiger partial charge in [0.05, 0.1) is 38.6 Å². The van der Waals surface area contributed by atoms with Crippen LogP contribution in [0.5, 0.6) is 11.5 Å². The molecule has 32 heavy (non-hydrogen) atoms. The van der Waals surface area contributed by atoms with E-state index < -0.39 is 17.7 Å². The van der Waals surface area contributed by atoms with Gasteiger partial charge in [-0.25, -0.2) is 0 Å². The Hall–Kier alpha value is -3.71. The topological polar surface area (TPSA) is 89.2 Å². The van der Waals surface area contributed by atoms with Crippen molar-refractivity contribution in [2.24, 2.45) is 0 Å². The number of hydrogen-bond acceptors (Lipinski definition) is 6. The molecule has 2 aromatic carbocycles. The number of halogens is 1. The van der Waals surface area contributed by atoms with E-state index in [0.717, 1.165) is 0 Å². The summed E-state index contributed by atoms with van der Waals surface area (Å²) in [5.74, 6) is -0.476. The number of Topliss-reactive ketones (excluding diaryl/α,β-unsaturated/α-hetero) is 1. The number of likely N-dealkylation sites (tertiary alicyclic amines) is 1. The predicted octanol–water partition coefficient (Wildman–Crippen LogP) is 4.57. The Morgan fingerprint density at radius 3 is 2.41 bits per heavy atom. The van der Waals surface area contributed by atoms with Crippen molar-refractivity contribution in [3.63, 3.8) is 0 Å². The first-order valence-electron chi connectivity index (χ1n) is 9.73. The summed E-state index contributed by atoms with van der Waals surface area (Å²) in [5, 5.41) is 11.7. The van der Waals surface area contributed by atoms with Crippen LogP contribution in [0.15, 0.2) is 70.9 Å². The van der Waals surface area contributed by atoms with Crippen LogP contribution in [0.1, 0.15) is 22.9 Å². The minimum Gasteiger partial charge on any atom is -0.507 e. The summed E-state index contributed by atoms with van der Waals surface area (Å²) in [6, 6.07) is 14.1. The standard InChI is InChI=1S/C24H20ClNO6/c1-30-18-10-7-15(12-19(18)31-2)22(27)20-21(14-5-8-16(25)9-6-14)26(24(29)23(20)28)13-17-4-3-11-32-17/h3-12,21,27H,13H2,1-2H3. The number of ether oxygens (including phenoxy) is 2. The van der Waals surface area contributed by atoms with Crippen molar-refractivity contribution in [1.29, 1.82) is 0 Å². The molecular weight excluding hydrogens is 434 g/mol. The molecule has 2 heterocycles. The highest BCUT2D eigenvalue weighted by atomic mass is 35.5. The smallest absolute Gasteiger partial charge is 0.296 e. The molecule has 164 valence electrons. The number of hydrogen-bond donors (Lipinski definition) is 1. The monoisotopic (exact) mass is 453 g/mol. The summed E-state index contributed by atoms with van der Waals surface area (Å²) in [4.78, 5) is 27.4. The largest absolute Gasteiger partial charge is 0.507 e. The highest BCUT2D eigenvalue weighted by molar-refractivity contribution is 6.46. The number of amides is 1. The summed E-state index contributed by atoms with van der Waals surface area (Å²) in [6.45, 7) is 0.0631. The first kappa shape index (κ1) is 21.5. The first-order valence-corrected chi connectivity index (χ1v) is 10.1. The molecule has 3 aromatic rings. The number of nitrogens with zero attached hydrogens (tertiary/aromatic N) is 1. The number of aliphatic hydroxyl groups excluding tert-OH is 1. The van der Waals surface area contributed by atoms with Crippen molar-refractivity contribution >= 4 is 29.1 Å². The van der Waals surface area contributed by atoms with Gasteiger partial charge in [-0.15, -0.1) is 0 Å². The minimum absolute atomic E-state index is 0.0314. The van der Waals surface area contributed by atoms with Gasteiger partial charge in [0.25, 0.3) is 11.7 Å². The third-order valence-corrected chi connectivity index (χ3v) is 5.54. The fourth-order valence-corrected chi connectivity index (χ4v) is 3.87.